The molecule has 0 amide bonds. The fourth-order valence-electron chi connectivity index (χ4n) is 3.31. The summed E-state index contributed by atoms with van der Waals surface area (Å²) in [5.74, 6) is -1.39. The molecule has 0 aliphatic heterocycles. The van der Waals surface area contributed by atoms with Gasteiger partial charge < -0.3 is 9.47 Å². The molecule has 29 heavy (non-hydrogen) atoms. The van der Waals surface area contributed by atoms with E-state index in [0.717, 1.165) is 0 Å². The lowest BCUT2D eigenvalue weighted by atomic mass is 10.1. The molecule has 1 unspecified atom stereocenters. The summed E-state index contributed by atoms with van der Waals surface area (Å²) in [6, 6.07) is 14.5. The molecule has 1 aliphatic carbocycles. The molecule has 0 radical (unpaired) electrons. The Balaban J connectivity index is 1.77. The molecule has 2 aromatic rings. The first-order valence-corrected chi connectivity index (χ1v) is 9.65. The van der Waals surface area contributed by atoms with E-state index in [2.05, 4.69) is 0 Å². The zero-order chi connectivity index (χ0) is 21.2. The van der Waals surface area contributed by atoms with Crippen molar-refractivity contribution in [1.82, 2.24) is 0 Å². The van der Waals surface area contributed by atoms with Gasteiger partial charge in [-0.25, -0.2) is 4.39 Å². The molecule has 1 aliphatic rings. The summed E-state index contributed by atoms with van der Waals surface area (Å²) in [6.07, 6.45) is 0.397. The van der Waals surface area contributed by atoms with Crippen LogP contribution in [0.3, 0.4) is 0 Å². The van der Waals surface area contributed by atoms with E-state index in [-0.39, 0.29) is 21.6 Å². The first kappa shape index (κ1) is 21.2. The minimum Gasteiger partial charge on any atom is -0.454 e. The lowest BCUT2D eigenvalue weighted by Crippen LogP contribution is -2.14. The van der Waals surface area contributed by atoms with Crippen molar-refractivity contribution in [2.45, 2.75) is 20.0 Å². The summed E-state index contributed by atoms with van der Waals surface area (Å²) in [6.45, 7) is 3.78. The third kappa shape index (κ3) is 4.72. The van der Waals surface area contributed by atoms with E-state index in [1.807, 2.05) is 26.0 Å². The zero-order valence-electron chi connectivity index (χ0n) is 15.7. The van der Waals surface area contributed by atoms with Crippen LogP contribution in [0.1, 0.15) is 25.5 Å². The van der Waals surface area contributed by atoms with E-state index >= 15 is 0 Å². The Labute approximate surface area is 178 Å². The number of halogens is 3. The summed E-state index contributed by atoms with van der Waals surface area (Å²) in [5.41, 5.74) is -0.0645. The maximum atomic E-state index is 14.2. The largest absolute Gasteiger partial charge is 0.454 e. The average molecular weight is 434 g/mol. The third-order valence-corrected chi connectivity index (χ3v) is 5.30. The molecule has 1 fully saturated rings. The molecular formula is C22H18Cl2FNO3. The SMILES string of the molecule is CC1(C)[C@H](C(=O)OC(C#N)c2ccc(F)c(Oc3ccccc3)c2)[C@@H]1C=C(Cl)Cl. The van der Waals surface area contributed by atoms with Crippen LogP contribution in [0.15, 0.2) is 59.1 Å². The molecule has 0 spiro atoms. The number of allylic oxidation sites excluding steroid dienone is 1. The summed E-state index contributed by atoms with van der Waals surface area (Å²) in [5, 5.41) is 9.51. The van der Waals surface area contributed by atoms with Crippen molar-refractivity contribution in [2.24, 2.45) is 17.3 Å². The molecule has 150 valence electrons. The second-order valence-corrected chi connectivity index (χ2v) is 8.34. The van der Waals surface area contributed by atoms with Crippen molar-refractivity contribution >= 4 is 29.2 Å². The third-order valence-electron chi connectivity index (χ3n) is 5.05. The van der Waals surface area contributed by atoms with Gasteiger partial charge in [-0.2, -0.15) is 5.26 Å². The van der Waals surface area contributed by atoms with Gasteiger partial charge in [0.05, 0.1) is 5.92 Å². The molecule has 3 rings (SSSR count). The molecule has 0 bridgehead atoms. The number of hydrogen-bond acceptors (Lipinski definition) is 4. The number of nitrogens with zero attached hydrogens (tertiary/aromatic N) is 1. The summed E-state index contributed by atoms with van der Waals surface area (Å²) < 4.78 is 25.2. The number of carbonyl (C=O) groups is 1. The summed E-state index contributed by atoms with van der Waals surface area (Å²) >= 11 is 11.4. The van der Waals surface area contributed by atoms with Crippen molar-refractivity contribution in [3.05, 3.63) is 70.5 Å². The molecule has 7 heteroatoms. The van der Waals surface area contributed by atoms with Gasteiger partial charge in [-0.3, -0.25) is 4.79 Å². The van der Waals surface area contributed by atoms with Crippen LogP contribution in [0.4, 0.5) is 4.39 Å². The topological polar surface area (TPSA) is 59.3 Å². The van der Waals surface area contributed by atoms with Gasteiger partial charge in [0.25, 0.3) is 0 Å². The van der Waals surface area contributed by atoms with Gasteiger partial charge in [0.2, 0.25) is 6.10 Å². The number of esters is 1. The molecular weight excluding hydrogens is 416 g/mol. The first-order chi connectivity index (χ1) is 13.7. The first-order valence-electron chi connectivity index (χ1n) is 8.89. The number of rotatable bonds is 6. The minimum absolute atomic E-state index is 0.0634. The van der Waals surface area contributed by atoms with Gasteiger partial charge >= 0.3 is 5.97 Å². The van der Waals surface area contributed by atoms with Crippen LogP contribution in [0.2, 0.25) is 0 Å². The van der Waals surface area contributed by atoms with Gasteiger partial charge in [0, 0.05) is 5.56 Å². The highest BCUT2D eigenvalue weighted by Crippen LogP contribution is 2.60. The van der Waals surface area contributed by atoms with Gasteiger partial charge in [0.15, 0.2) is 11.6 Å². The van der Waals surface area contributed by atoms with Crippen molar-refractivity contribution in [3.63, 3.8) is 0 Å². The fraction of sp³-hybridized carbons (Fsp3) is 0.273. The highest BCUT2D eigenvalue weighted by molar-refractivity contribution is 6.55. The second kappa shape index (κ2) is 8.44. The Bertz CT molecular complexity index is 981. The standard InChI is InChI=1S/C22H18Cl2FNO3/c1-22(2)15(11-19(23)24)20(22)21(27)29-18(12-26)13-8-9-16(25)17(10-13)28-14-6-4-3-5-7-14/h3-11,15,18,20H,1-2H3/t15-,18?,20-/m0/s1. The van der Waals surface area contributed by atoms with E-state index in [0.29, 0.717) is 11.3 Å². The van der Waals surface area contributed by atoms with Crippen LogP contribution in [0.25, 0.3) is 0 Å². The van der Waals surface area contributed by atoms with E-state index in [1.54, 1.807) is 30.3 Å². The predicted molar refractivity (Wildman–Crippen MR) is 108 cm³/mol. The van der Waals surface area contributed by atoms with Crippen LogP contribution < -0.4 is 4.74 Å². The predicted octanol–water partition coefficient (Wildman–Crippen LogP) is 6.32. The lowest BCUT2D eigenvalue weighted by molar-refractivity contribution is -0.149. The van der Waals surface area contributed by atoms with Crippen LogP contribution >= 0.6 is 23.2 Å². The van der Waals surface area contributed by atoms with E-state index in [4.69, 9.17) is 32.7 Å². The highest BCUT2D eigenvalue weighted by atomic mass is 35.5. The van der Waals surface area contributed by atoms with Gasteiger partial charge in [0.1, 0.15) is 16.3 Å². The molecule has 1 saturated carbocycles. The van der Waals surface area contributed by atoms with Crippen molar-refractivity contribution < 1.29 is 18.7 Å². The molecule has 0 heterocycles. The maximum Gasteiger partial charge on any atom is 0.311 e. The average Bonchev–Trinajstić information content (AvgIpc) is 3.21. The number of ether oxygens (including phenoxy) is 2. The summed E-state index contributed by atoms with van der Waals surface area (Å²) in [4.78, 5) is 12.6. The Kier molecular flexibility index (Phi) is 6.16. The van der Waals surface area contributed by atoms with Crippen molar-refractivity contribution in [2.75, 3.05) is 0 Å². The maximum absolute atomic E-state index is 14.2. The second-order valence-electron chi connectivity index (χ2n) is 7.33. The fourth-order valence-corrected chi connectivity index (χ4v) is 3.58. The number of nitriles is 1. The Morgan fingerprint density at radius 2 is 1.93 bits per heavy atom. The lowest BCUT2D eigenvalue weighted by Gasteiger charge is -2.14. The van der Waals surface area contributed by atoms with Crippen LogP contribution in [0.5, 0.6) is 11.5 Å². The minimum atomic E-state index is -1.20. The quantitative estimate of drug-likeness (QED) is 0.500. The Morgan fingerprint density at radius 3 is 2.55 bits per heavy atom. The van der Waals surface area contributed by atoms with E-state index in [9.17, 15) is 14.4 Å². The molecule has 0 saturated heterocycles. The molecule has 0 N–H and O–H groups in total. The normalized spacial score (nSPS) is 20.1. The molecule has 0 aromatic heterocycles. The van der Waals surface area contributed by atoms with Crippen LogP contribution in [0, 0.1) is 34.4 Å². The smallest absolute Gasteiger partial charge is 0.311 e. The van der Waals surface area contributed by atoms with E-state index < -0.39 is 23.8 Å². The van der Waals surface area contributed by atoms with Crippen LogP contribution in [-0.4, -0.2) is 5.97 Å². The monoisotopic (exact) mass is 433 g/mol. The van der Waals surface area contributed by atoms with Gasteiger partial charge in [-0.15, -0.1) is 0 Å². The number of hydrogen-bond donors (Lipinski definition) is 0. The number of benzene rings is 2. The summed E-state index contributed by atoms with van der Waals surface area (Å²) in [7, 11) is 0. The zero-order valence-corrected chi connectivity index (χ0v) is 17.2. The number of carbonyl (C=O) groups excluding carboxylic acids is 1. The Morgan fingerprint density at radius 1 is 1.24 bits per heavy atom. The Hall–Kier alpha value is -2.55. The highest BCUT2D eigenvalue weighted by Gasteiger charge is 2.62. The molecule has 2 aromatic carbocycles. The van der Waals surface area contributed by atoms with Gasteiger partial charge in [-0.05, 0) is 41.7 Å². The molecule has 3 atom stereocenters. The number of para-hydroxylation sites is 1. The van der Waals surface area contributed by atoms with Gasteiger partial charge in [-0.1, -0.05) is 61.3 Å². The van der Waals surface area contributed by atoms with Crippen molar-refractivity contribution in [1.29, 1.82) is 5.26 Å². The van der Waals surface area contributed by atoms with Crippen LogP contribution in [-0.2, 0) is 9.53 Å². The van der Waals surface area contributed by atoms with E-state index in [1.165, 1.54) is 18.2 Å². The van der Waals surface area contributed by atoms with Crippen molar-refractivity contribution in [3.8, 4) is 17.6 Å². The molecule has 4 nitrogen and oxygen atoms in total.